The molecule has 0 aliphatic carbocycles. The van der Waals surface area contributed by atoms with Gasteiger partial charge in [-0.25, -0.2) is 0 Å². The number of azide groups is 1. The van der Waals surface area contributed by atoms with E-state index >= 15 is 0 Å². The molecule has 1 aliphatic rings. The lowest BCUT2D eigenvalue weighted by molar-refractivity contribution is -0.131. The lowest BCUT2D eigenvalue weighted by Crippen LogP contribution is -2.40. The predicted molar refractivity (Wildman–Crippen MR) is 80.8 cm³/mol. The van der Waals surface area contributed by atoms with Crippen LogP contribution < -0.4 is 0 Å². The second-order valence-electron chi connectivity index (χ2n) is 5.35. The number of aromatic amines is 1. The first-order valence-corrected chi connectivity index (χ1v) is 7.15. The first kappa shape index (κ1) is 13.5. The third-order valence-corrected chi connectivity index (χ3v) is 4.05. The molecule has 108 valence electrons. The van der Waals surface area contributed by atoms with Gasteiger partial charge in [-0.05, 0) is 30.0 Å². The molecule has 1 aliphatic heterocycles. The number of nitrogens with one attached hydrogen (secondary N) is 1. The Hall–Kier alpha value is -2.46. The van der Waals surface area contributed by atoms with Crippen molar-refractivity contribution in [1.82, 2.24) is 9.88 Å². The molecule has 1 amide bonds. The van der Waals surface area contributed by atoms with Crippen molar-refractivity contribution in [3.63, 3.8) is 0 Å². The predicted octanol–water partition coefficient (Wildman–Crippen LogP) is 3.01. The zero-order valence-corrected chi connectivity index (χ0v) is 11.7. The van der Waals surface area contributed by atoms with E-state index in [4.69, 9.17) is 5.53 Å². The third-order valence-electron chi connectivity index (χ3n) is 4.05. The minimum atomic E-state index is 0.0344. The summed E-state index contributed by atoms with van der Waals surface area (Å²) in [5.41, 5.74) is 10.5. The van der Waals surface area contributed by atoms with E-state index in [-0.39, 0.29) is 11.9 Å². The van der Waals surface area contributed by atoms with Crippen LogP contribution in [0.25, 0.3) is 21.3 Å². The number of nitrogens with zero attached hydrogens (tertiary/aromatic N) is 4. The molecule has 3 rings (SSSR count). The molecule has 1 aromatic carbocycles. The molecular formula is C15H17N5O. The fraction of sp³-hybridized carbons (Fsp3) is 0.400. The van der Waals surface area contributed by atoms with Gasteiger partial charge < -0.3 is 9.88 Å². The van der Waals surface area contributed by atoms with Crippen LogP contribution in [0.3, 0.4) is 0 Å². The molecule has 0 bridgehead atoms. The van der Waals surface area contributed by atoms with Crippen molar-refractivity contribution in [1.29, 1.82) is 0 Å². The maximum atomic E-state index is 12.4. The van der Waals surface area contributed by atoms with Crippen LogP contribution in [-0.2, 0) is 11.2 Å². The topological polar surface area (TPSA) is 84.9 Å². The van der Waals surface area contributed by atoms with E-state index in [0.717, 1.165) is 29.3 Å². The molecule has 21 heavy (non-hydrogen) atoms. The van der Waals surface area contributed by atoms with Gasteiger partial charge in [-0.15, -0.1) is 0 Å². The summed E-state index contributed by atoms with van der Waals surface area (Å²) in [7, 11) is 0. The number of carbonyl (C=O) groups excluding carboxylic acids is 1. The van der Waals surface area contributed by atoms with E-state index < -0.39 is 0 Å². The SMILES string of the molecule is [N-]=[N+]=NC1CCN(C(=O)Cc2c[nH]c3ccccc23)CC1. The van der Waals surface area contributed by atoms with E-state index in [0.29, 0.717) is 19.5 Å². The van der Waals surface area contributed by atoms with Crippen LogP contribution >= 0.6 is 0 Å². The van der Waals surface area contributed by atoms with Crippen molar-refractivity contribution in [2.45, 2.75) is 25.3 Å². The number of piperidine rings is 1. The summed E-state index contributed by atoms with van der Waals surface area (Å²) in [5, 5.41) is 4.84. The Labute approximate surface area is 122 Å². The molecule has 2 aromatic rings. The Balaban J connectivity index is 1.66. The average Bonchev–Trinajstić information content (AvgIpc) is 2.92. The summed E-state index contributed by atoms with van der Waals surface area (Å²) in [5.74, 6) is 0.138. The first-order valence-electron chi connectivity index (χ1n) is 7.15. The zero-order chi connectivity index (χ0) is 14.7. The Morgan fingerprint density at radius 3 is 2.90 bits per heavy atom. The average molecular weight is 283 g/mol. The van der Waals surface area contributed by atoms with Gasteiger partial charge in [0.05, 0.1) is 6.42 Å². The number of amides is 1. The first-order chi connectivity index (χ1) is 10.3. The van der Waals surface area contributed by atoms with Crippen molar-refractivity contribution < 1.29 is 4.79 Å². The number of hydrogen-bond acceptors (Lipinski definition) is 2. The number of H-pyrrole nitrogens is 1. The molecule has 1 N–H and O–H groups in total. The maximum Gasteiger partial charge on any atom is 0.227 e. The molecular weight excluding hydrogens is 266 g/mol. The summed E-state index contributed by atoms with van der Waals surface area (Å²) in [4.78, 5) is 20.3. The largest absolute Gasteiger partial charge is 0.361 e. The van der Waals surface area contributed by atoms with E-state index in [9.17, 15) is 4.79 Å². The molecule has 0 saturated carbocycles. The fourth-order valence-electron chi connectivity index (χ4n) is 2.86. The van der Waals surface area contributed by atoms with Crippen LogP contribution in [0, 0.1) is 0 Å². The number of fused-ring (bicyclic) bond motifs is 1. The van der Waals surface area contributed by atoms with Gasteiger partial charge in [0.25, 0.3) is 0 Å². The highest BCUT2D eigenvalue weighted by molar-refractivity contribution is 5.88. The summed E-state index contributed by atoms with van der Waals surface area (Å²) in [6.07, 6.45) is 3.83. The lowest BCUT2D eigenvalue weighted by atomic mass is 10.0. The number of rotatable bonds is 3. The number of carbonyl (C=O) groups is 1. The normalized spacial score (nSPS) is 15.9. The number of benzene rings is 1. The highest BCUT2D eigenvalue weighted by Gasteiger charge is 2.22. The van der Waals surface area contributed by atoms with E-state index in [1.807, 2.05) is 35.4 Å². The summed E-state index contributed by atoms with van der Waals surface area (Å²) in [6.45, 7) is 1.34. The van der Waals surface area contributed by atoms with Gasteiger partial charge in [-0.3, -0.25) is 4.79 Å². The van der Waals surface area contributed by atoms with Crippen LogP contribution in [0.2, 0.25) is 0 Å². The standard InChI is InChI=1S/C15H17N5O/c16-19-18-12-5-7-20(8-6-12)15(21)9-11-10-17-14-4-2-1-3-13(11)14/h1-4,10,12,17H,5-9H2. The molecule has 6 nitrogen and oxygen atoms in total. The van der Waals surface area contributed by atoms with Gasteiger partial charge >= 0.3 is 0 Å². The molecule has 1 saturated heterocycles. The van der Waals surface area contributed by atoms with E-state index in [1.165, 1.54) is 0 Å². The number of hydrogen-bond donors (Lipinski definition) is 1. The van der Waals surface area contributed by atoms with Crippen LogP contribution in [0.15, 0.2) is 35.6 Å². The van der Waals surface area contributed by atoms with Crippen LogP contribution in [0.1, 0.15) is 18.4 Å². The Morgan fingerprint density at radius 2 is 2.14 bits per heavy atom. The monoisotopic (exact) mass is 283 g/mol. The van der Waals surface area contributed by atoms with Crippen molar-refractivity contribution in [3.05, 3.63) is 46.5 Å². The van der Waals surface area contributed by atoms with Gasteiger partial charge in [-0.2, -0.15) is 0 Å². The second-order valence-corrected chi connectivity index (χ2v) is 5.35. The van der Waals surface area contributed by atoms with Crippen molar-refractivity contribution >= 4 is 16.8 Å². The van der Waals surface area contributed by atoms with Gasteiger partial charge in [0.2, 0.25) is 5.91 Å². The molecule has 0 radical (unpaired) electrons. The van der Waals surface area contributed by atoms with Gasteiger partial charge in [0.1, 0.15) is 0 Å². The minimum Gasteiger partial charge on any atom is -0.361 e. The Bertz CT molecular complexity index is 693. The van der Waals surface area contributed by atoms with Gasteiger partial charge in [-0.1, -0.05) is 23.3 Å². The summed E-state index contributed by atoms with van der Waals surface area (Å²) >= 11 is 0. The third kappa shape index (κ3) is 2.85. The molecule has 2 heterocycles. The molecule has 0 unspecified atom stereocenters. The quantitative estimate of drug-likeness (QED) is 0.524. The van der Waals surface area contributed by atoms with Crippen molar-refractivity contribution in [3.8, 4) is 0 Å². The minimum absolute atomic E-state index is 0.0344. The summed E-state index contributed by atoms with van der Waals surface area (Å²) in [6, 6.07) is 8.03. The smallest absolute Gasteiger partial charge is 0.227 e. The molecule has 0 spiro atoms. The van der Waals surface area contributed by atoms with Gasteiger partial charge in [0.15, 0.2) is 0 Å². The Kier molecular flexibility index (Phi) is 3.79. The highest BCUT2D eigenvalue weighted by atomic mass is 16.2. The molecule has 6 heteroatoms. The molecule has 1 aromatic heterocycles. The highest BCUT2D eigenvalue weighted by Crippen LogP contribution is 2.20. The van der Waals surface area contributed by atoms with Crippen molar-refractivity contribution in [2.75, 3.05) is 13.1 Å². The second kappa shape index (κ2) is 5.89. The number of likely N-dealkylation sites (tertiary alicyclic amines) is 1. The van der Waals surface area contributed by atoms with Crippen LogP contribution in [-0.4, -0.2) is 34.9 Å². The van der Waals surface area contributed by atoms with E-state index in [2.05, 4.69) is 15.0 Å². The zero-order valence-electron chi connectivity index (χ0n) is 11.7. The van der Waals surface area contributed by atoms with Gasteiger partial charge in [0, 0.05) is 41.1 Å². The molecule has 0 atom stereocenters. The van der Waals surface area contributed by atoms with Crippen LogP contribution in [0.5, 0.6) is 0 Å². The number of para-hydroxylation sites is 1. The fourth-order valence-corrected chi connectivity index (χ4v) is 2.86. The summed E-state index contributed by atoms with van der Waals surface area (Å²) < 4.78 is 0. The Morgan fingerprint density at radius 1 is 1.38 bits per heavy atom. The van der Waals surface area contributed by atoms with E-state index in [1.54, 1.807) is 0 Å². The maximum absolute atomic E-state index is 12.4. The lowest BCUT2D eigenvalue weighted by Gasteiger charge is -2.30. The molecule has 1 fully saturated rings. The number of aromatic nitrogens is 1. The van der Waals surface area contributed by atoms with Crippen molar-refractivity contribution in [2.24, 2.45) is 5.11 Å². The van der Waals surface area contributed by atoms with Crippen LogP contribution in [0.4, 0.5) is 0 Å².